The first-order valence-electron chi connectivity index (χ1n) is 6.45. The smallest absolute Gasteiger partial charge is 0.323 e. The van der Waals surface area contributed by atoms with Gasteiger partial charge in [-0.3, -0.25) is 4.79 Å². The van der Waals surface area contributed by atoms with Crippen LogP contribution < -0.4 is 4.90 Å². The second kappa shape index (κ2) is 7.68. The largest absolute Gasteiger partial charge is 0.480 e. The molecular weight excluding hydrogens is 244 g/mol. The number of carboxylic acid groups (broad SMARTS) is 1. The van der Waals surface area contributed by atoms with Gasteiger partial charge in [0.05, 0.1) is 0 Å². The average molecular weight is 266 g/mol. The van der Waals surface area contributed by atoms with E-state index in [0.717, 1.165) is 25.1 Å². The van der Waals surface area contributed by atoms with E-state index in [1.54, 1.807) is 4.90 Å². The van der Waals surface area contributed by atoms with Crippen molar-refractivity contribution in [3.05, 3.63) is 18.1 Å². The second-order valence-electron chi connectivity index (χ2n) is 4.74. The molecule has 106 valence electrons. The molecule has 0 saturated heterocycles. The van der Waals surface area contributed by atoms with Gasteiger partial charge in [0.2, 0.25) is 0 Å². The summed E-state index contributed by atoms with van der Waals surface area (Å²) in [6, 6.07) is 1.88. The van der Waals surface area contributed by atoms with Gasteiger partial charge in [-0.1, -0.05) is 13.3 Å². The predicted octanol–water partition coefficient (Wildman–Crippen LogP) is 0.882. The molecule has 6 nitrogen and oxygen atoms in total. The van der Waals surface area contributed by atoms with Gasteiger partial charge in [-0.25, -0.2) is 9.97 Å². The molecule has 6 heteroatoms. The van der Waals surface area contributed by atoms with Gasteiger partial charge < -0.3 is 14.9 Å². The van der Waals surface area contributed by atoms with Crippen LogP contribution in [0.3, 0.4) is 0 Å². The maximum atomic E-state index is 10.9. The van der Waals surface area contributed by atoms with Crippen molar-refractivity contribution in [1.82, 2.24) is 14.9 Å². The number of nitrogens with zero attached hydrogens (tertiary/aromatic N) is 4. The first-order valence-corrected chi connectivity index (χ1v) is 6.45. The molecule has 0 atom stereocenters. The molecule has 1 aromatic heterocycles. The highest BCUT2D eigenvalue weighted by Crippen LogP contribution is 2.12. The Labute approximate surface area is 114 Å². The SMILES string of the molecule is CCCc1cc(N(CCN(C)C)CC(=O)O)ncn1. The van der Waals surface area contributed by atoms with Crippen LogP contribution in [-0.2, 0) is 11.2 Å². The molecule has 1 N–H and O–H groups in total. The van der Waals surface area contributed by atoms with Gasteiger partial charge >= 0.3 is 5.97 Å². The molecular formula is C13H22N4O2. The highest BCUT2D eigenvalue weighted by molar-refractivity contribution is 5.73. The third-order valence-electron chi connectivity index (χ3n) is 2.68. The Balaban J connectivity index is 2.82. The molecule has 19 heavy (non-hydrogen) atoms. The van der Waals surface area contributed by atoms with Gasteiger partial charge in [0.25, 0.3) is 0 Å². The van der Waals surface area contributed by atoms with Crippen LogP contribution in [0.15, 0.2) is 12.4 Å². The standard InChI is InChI=1S/C13H22N4O2/c1-4-5-11-8-12(15-10-14-11)17(9-13(18)19)7-6-16(2)3/h8,10H,4-7,9H2,1-3H3,(H,18,19). The number of anilines is 1. The second-order valence-corrected chi connectivity index (χ2v) is 4.74. The normalized spacial score (nSPS) is 10.7. The van der Waals surface area contributed by atoms with Gasteiger partial charge in [-0.2, -0.15) is 0 Å². The lowest BCUT2D eigenvalue weighted by Crippen LogP contribution is -2.36. The molecule has 0 unspecified atom stereocenters. The van der Waals surface area contributed by atoms with E-state index in [0.29, 0.717) is 12.4 Å². The number of aromatic nitrogens is 2. The van der Waals surface area contributed by atoms with E-state index in [1.807, 2.05) is 25.1 Å². The number of hydrogen-bond acceptors (Lipinski definition) is 5. The minimum Gasteiger partial charge on any atom is -0.480 e. The summed E-state index contributed by atoms with van der Waals surface area (Å²) < 4.78 is 0. The van der Waals surface area contributed by atoms with Crippen LogP contribution >= 0.6 is 0 Å². The first kappa shape index (κ1) is 15.4. The van der Waals surface area contributed by atoms with E-state index in [9.17, 15) is 4.79 Å². The van der Waals surface area contributed by atoms with Crippen LogP contribution in [0.5, 0.6) is 0 Å². The monoisotopic (exact) mass is 266 g/mol. The van der Waals surface area contributed by atoms with Crippen LogP contribution in [-0.4, -0.2) is 59.7 Å². The Kier molecular flexibility index (Phi) is 6.21. The lowest BCUT2D eigenvalue weighted by molar-refractivity contribution is -0.135. The Bertz CT molecular complexity index is 409. The van der Waals surface area contributed by atoms with Gasteiger partial charge in [0.15, 0.2) is 0 Å². The molecule has 1 heterocycles. The van der Waals surface area contributed by atoms with Crippen molar-refractivity contribution < 1.29 is 9.90 Å². The summed E-state index contributed by atoms with van der Waals surface area (Å²) in [4.78, 5) is 23.1. The zero-order chi connectivity index (χ0) is 14.3. The molecule has 0 bridgehead atoms. The zero-order valence-electron chi connectivity index (χ0n) is 11.8. The van der Waals surface area contributed by atoms with E-state index in [1.165, 1.54) is 6.33 Å². The van der Waals surface area contributed by atoms with Crippen LogP contribution in [0.2, 0.25) is 0 Å². The van der Waals surface area contributed by atoms with E-state index in [2.05, 4.69) is 16.9 Å². The maximum Gasteiger partial charge on any atom is 0.323 e. The Morgan fingerprint density at radius 1 is 1.32 bits per heavy atom. The summed E-state index contributed by atoms with van der Waals surface area (Å²) in [6.45, 7) is 3.45. The molecule has 0 aliphatic rings. The van der Waals surface area contributed by atoms with Crippen molar-refractivity contribution in [2.75, 3.05) is 38.6 Å². The van der Waals surface area contributed by atoms with Crippen molar-refractivity contribution in [1.29, 1.82) is 0 Å². The Morgan fingerprint density at radius 3 is 2.63 bits per heavy atom. The van der Waals surface area contributed by atoms with Crippen molar-refractivity contribution in [3.63, 3.8) is 0 Å². The number of rotatable bonds is 8. The quantitative estimate of drug-likeness (QED) is 0.753. The molecule has 0 fully saturated rings. The maximum absolute atomic E-state index is 10.9. The minimum atomic E-state index is -0.852. The molecule has 0 aromatic carbocycles. The number of carbonyl (C=O) groups is 1. The van der Waals surface area contributed by atoms with Gasteiger partial charge in [-0.15, -0.1) is 0 Å². The lowest BCUT2D eigenvalue weighted by atomic mass is 10.2. The molecule has 0 saturated carbocycles. The van der Waals surface area contributed by atoms with Crippen LogP contribution in [0, 0.1) is 0 Å². The summed E-state index contributed by atoms with van der Waals surface area (Å²) in [5.74, 6) is -0.169. The van der Waals surface area contributed by atoms with E-state index < -0.39 is 5.97 Å². The van der Waals surface area contributed by atoms with Gasteiger partial charge in [0.1, 0.15) is 18.7 Å². The zero-order valence-corrected chi connectivity index (χ0v) is 11.8. The molecule has 1 aromatic rings. The van der Waals surface area contributed by atoms with Crippen molar-refractivity contribution >= 4 is 11.8 Å². The van der Waals surface area contributed by atoms with Gasteiger partial charge in [0, 0.05) is 24.8 Å². The number of aliphatic carboxylic acids is 1. The summed E-state index contributed by atoms with van der Waals surface area (Å²) in [7, 11) is 3.92. The van der Waals surface area contributed by atoms with Crippen molar-refractivity contribution in [2.45, 2.75) is 19.8 Å². The molecule has 1 rings (SSSR count). The van der Waals surface area contributed by atoms with Crippen LogP contribution in [0.4, 0.5) is 5.82 Å². The van der Waals surface area contributed by atoms with E-state index in [-0.39, 0.29) is 6.54 Å². The van der Waals surface area contributed by atoms with E-state index >= 15 is 0 Å². The third kappa shape index (κ3) is 5.65. The van der Waals surface area contributed by atoms with Gasteiger partial charge in [-0.05, 0) is 20.5 Å². The van der Waals surface area contributed by atoms with Crippen molar-refractivity contribution in [2.24, 2.45) is 0 Å². The number of carboxylic acids is 1. The summed E-state index contributed by atoms with van der Waals surface area (Å²) in [5, 5.41) is 8.98. The fraction of sp³-hybridized carbons (Fsp3) is 0.615. The highest BCUT2D eigenvalue weighted by Gasteiger charge is 2.13. The number of aryl methyl sites for hydroxylation is 1. The van der Waals surface area contributed by atoms with E-state index in [4.69, 9.17) is 5.11 Å². The first-order chi connectivity index (χ1) is 9.02. The fourth-order valence-electron chi connectivity index (χ4n) is 1.71. The van der Waals surface area contributed by atoms with Crippen molar-refractivity contribution in [3.8, 4) is 0 Å². The lowest BCUT2D eigenvalue weighted by Gasteiger charge is -2.23. The summed E-state index contributed by atoms with van der Waals surface area (Å²) >= 11 is 0. The number of likely N-dealkylation sites (N-methyl/N-ethyl adjacent to an activating group) is 1. The molecule has 0 radical (unpaired) electrons. The molecule has 0 spiro atoms. The predicted molar refractivity (Wildman–Crippen MR) is 74.4 cm³/mol. The topological polar surface area (TPSA) is 69.6 Å². The number of hydrogen-bond donors (Lipinski definition) is 1. The third-order valence-corrected chi connectivity index (χ3v) is 2.68. The summed E-state index contributed by atoms with van der Waals surface area (Å²) in [5.41, 5.74) is 0.952. The van der Waals surface area contributed by atoms with Crippen LogP contribution in [0.25, 0.3) is 0 Å². The summed E-state index contributed by atoms with van der Waals surface area (Å²) in [6.07, 6.45) is 3.39. The molecule has 0 aliphatic heterocycles. The average Bonchev–Trinajstić information content (AvgIpc) is 2.34. The Hall–Kier alpha value is -1.69. The minimum absolute atomic E-state index is 0.0452. The Morgan fingerprint density at radius 2 is 2.05 bits per heavy atom. The van der Waals surface area contributed by atoms with Crippen LogP contribution in [0.1, 0.15) is 19.0 Å². The highest BCUT2D eigenvalue weighted by atomic mass is 16.4. The fourth-order valence-corrected chi connectivity index (χ4v) is 1.71. The molecule has 0 aliphatic carbocycles. The molecule has 0 amide bonds.